The second-order valence-electron chi connectivity index (χ2n) is 9.84. The van der Waals surface area contributed by atoms with Crippen molar-refractivity contribution in [3.63, 3.8) is 0 Å². The molecule has 1 N–H and O–H groups in total. The molecule has 1 aromatic heterocycles. The van der Waals surface area contributed by atoms with Crippen LogP contribution in [0.4, 0.5) is 14.5 Å². The normalized spacial score (nSPS) is 21.3. The SMILES string of the molecule is Cc1cc2c(c(OCC(C)(C)F)c1F)C(=O)N1C[C@@H](Oc3cc4c(cn3)CCC(=O)N4)C[C@@H]1CO2. The molecule has 0 aliphatic carbocycles. The molecule has 3 aliphatic rings. The summed E-state index contributed by atoms with van der Waals surface area (Å²) in [4.78, 5) is 31.2. The van der Waals surface area contributed by atoms with E-state index < -0.39 is 24.0 Å². The van der Waals surface area contributed by atoms with Gasteiger partial charge in [0, 0.05) is 25.1 Å². The van der Waals surface area contributed by atoms with Crippen LogP contribution in [0.15, 0.2) is 18.3 Å². The number of carbonyl (C=O) groups excluding carboxylic acids is 2. The predicted molar refractivity (Wildman–Crippen MR) is 122 cm³/mol. The summed E-state index contributed by atoms with van der Waals surface area (Å²) in [6.45, 7) is 4.20. The highest BCUT2D eigenvalue weighted by Gasteiger charge is 2.42. The van der Waals surface area contributed by atoms with Crippen LogP contribution in [0.25, 0.3) is 0 Å². The van der Waals surface area contributed by atoms with E-state index in [0.29, 0.717) is 30.8 Å². The minimum atomic E-state index is -1.71. The van der Waals surface area contributed by atoms with Gasteiger partial charge in [0.15, 0.2) is 11.6 Å². The average Bonchev–Trinajstić information content (AvgIpc) is 3.14. The molecular weight excluding hydrogens is 460 g/mol. The number of alkyl halides is 1. The fourth-order valence-electron chi connectivity index (χ4n) is 4.60. The highest BCUT2D eigenvalue weighted by atomic mass is 19.1. The van der Waals surface area contributed by atoms with Crippen molar-refractivity contribution >= 4 is 17.5 Å². The Morgan fingerprint density at radius 3 is 2.86 bits per heavy atom. The number of anilines is 1. The molecule has 0 bridgehead atoms. The molecule has 4 heterocycles. The second kappa shape index (κ2) is 8.66. The molecule has 1 aromatic carbocycles. The van der Waals surface area contributed by atoms with Crippen LogP contribution in [0, 0.1) is 12.7 Å². The van der Waals surface area contributed by atoms with Crippen molar-refractivity contribution in [2.45, 2.75) is 57.8 Å². The van der Waals surface area contributed by atoms with E-state index in [1.54, 1.807) is 24.1 Å². The number of hydrogen-bond acceptors (Lipinski definition) is 6. The maximum absolute atomic E-state index is 15.0. The first-order valence-electron chi connectivity index (χ1n) is 11.6. The molecule has 5 rings (SSSR count). The number of aromatic nitrogens is 1. The molecule has 1 saturated heterocycles. The number of carbonyl (C=O) groups is 2. The van der Waals surface area contributed by atoms with Crippen molar-refractivity contribution in [1.29, 1.82) is 0 Å². The van der Waals surface area contributed by atoms with Crippen LogP contribution in [0.3, 0.4) is 0 Å². The monoisotopic (exact) mass is 487 g/mol. The first-order chi connectivity index (χ1) is 16.6. The highest BCUT2D eigenvalue weighted by molar-refractivity contribution is 6.00. The van der Waals surface area contributed by atoms with Gasteiger partial charge in [0.2, 0.25) is 11.8 Å². The number of aryl methyl sites for hydroxylation is 2. The summed E-state index contributed by atoms with van der Waals surface area (Å²) in [5, 5.41) is 2.82. The zero-order chi connectivity index (χ0) is 24.9. The predicted octanol–water partition coefficient (Wildman–Crippen LogP) is 3.60. The minimum Gasteiger partial charge on any atom is -0.490 e. The molecule has 0 radical (unpaired) electrons. The third kappa shape index (κ3) is 4.61. The van der Waals surface area contributed by atoms with Gasteiger partial charge in [0.05, 0.1) is 18.3 Å². The van der Waals surface area contributed by atoms with E-state index in [4.69, 9.17) is 14.2 Å². The van der Waals surface area contributed by atoms with Gasteiger partial charge in [0.1, 0.15) is 36.3 Å². The fraction of sp³-hybridized carbons (Fsp3) is 0.480. The second-order valence-corrected chi connectivity index (χ2v) is 9.84. The van der Waals surface area contributed by atoms with E-state index in [2.05, 4.69) is 10.3 Å². The average molecular weight is 488 g/mol. The number of halogens is 2. The van der Waals surface area contributed by atoms with Crippen LogP contribution in [0.1, 0.15) is 48.2 Å². The summed E-state index contributed by atoms with van der Waals surface area (Å²) < 4.78 is 46.5. The van der Waals surface area contributed by atoms with E-state index in [-0.39, 0.29) is 53.8 Å². The Balaban J connectivity index is 1.37. The van der Waals surface area contributed by atoms with Crippen LogP contribution >= 0.6 is 0 Å². The Kier molecular flexibility index (Phi) is 5.77. The van der Waals surface area contributed by atoms with Gasteiger partial charge < -0.3 is 24.4 Å². The van der Waals surface area contributed by atoms with E-state index in [1.165, 1.54) is 19.9 Å². The summed E-state index contributed by atoms with van der Waals surface area (Å²) in [7, 11) is 0. The number of ether oxygens (including phenoxy) is 3. The Labute approximate surface area is 201 Å². The number of nitrogens with zero attached hydrogens (tertiary/aromatic N) is 2. The third-order valence-corrected chi connectivity index (χ3v) is 6.35. The molecule has 2 amide bonds. The number of fused-ring (bicyclic) bond motifs is 3. The smallest absolute Gasteiger partial charge is 0.262 e. The molecule has 186 valence electrons. The molecule has 0 spiro atoms. The molecule has 8 nitrogen and oxygen atoms in total. The summed E-state index contributed by atoms with van der Waals surface area (Å²) in [6.07, 6.45) is 2.84. The number of nitrogens with one attached hydrogen (secondary N) is 1. The largest absolute Gasteiger partial charge is 0.490 e. The molecule has 0 saturated carbocycles. The zero-order valence-corrected chi connectivity index (χ0v) is 19.8. The molecule has 10 heteroatoms. The number of hydrogen-bond donors (Lipinski definition) is 1. The maximum Gasteiger partial charge on any atom is 0.262 e. The lowest BCUT2D eigenvalue weighted by molar-refractivity contribution is -0.116. The fourth-order valence-corrected chi connectivity index (χ4v) is 4.60. The lowest BCUT2D eigenvalue weighted by atomic mass is 10.1. The van der Waals surface area contributed by atoms with Gasteiger partial charge in [-0.15, -0.1) is 0 Å². The quantitative estimate of drug-likeness (QED) is 0.693. The molecule has 2 aromatic rings. The van der Waals surface area contributed by atoms with Crippen molar-refractivity contribution in [2.24, 2.45) is 0 Å². The maximum atomic E-state index is 15.0. The summed E-state index contributed by atoms with van der Waals surface area (Å²) >= 11 is 0. The molecule has 2 atom stereocenters. The van der Waals surface area contributed by atoms with E-state index in [1.807, 2.05) is 0 Å². The highest BCUT2D eigenvalue weighted by Crippen LogP contribution is 2.40. The van der Waals surface area contributed by atoms with Crippen LogP contribution in [0.5, 0.6) is 17.4 Å². The van der Waals surface area contributed by atoms with Crippen molar-refractivity contribution in [3.05, 3.63) is 40.8 Å². The van der Waals surface area contributed by atoms with Crippen LogP contribution in [-0.4, -0.2) is 59.3 Å². The lowest BCUT2D eigenvalue weighted by Crippen LogP contribution is -2.37. The number of benzene rings is 1. The standard InChI is InChI=1S/C25H27F2N3O5/c1-13-6-18-21(23(22(13)26)34-12-25(2,3)27)24(32)30-10-16(7-15(30)11-33-18)35-20-8-17-14(9-28-20)4-5-19(31)29-17/h6,8-9,15-16H,4-5,7,10-12H2,1-3H3,(H,29,31)/t15-,16+/m1/s1. The Bertz CT molecular complexity index is 1200. The first kappa shape index (κ1) is 23.3. The van der Waals surface area contributed by atoms with Gasteiger partial charge in [-0.3, -0.25) is 9.59 Å². The Hall–Kier alpha value is -3.43. The summed E-state index contributed by atoms with van der Waals surface area (Å²) in [6, 6.07) is 2.86. The number of rotatable bonds is 5. The zero-order valence-electron chi connectivity index (χ0n) is 19.8. The van der Waals surface area contributed by atoms with Gasteiger partial charge in [0.25, 0.3) is 5.91 Å². The lowest BCUT2D eigenvalue weighted by Gasteiger charge is -2.22. The van der Waals surface area contributed by atoms with Crippen molar-refractivity contribution in [3.8, 4) is 17.4 Å². The van der Waals surface area contributed by atoms with Crippen LogP contribution in [-0.2, 0) is 11.2 Å². The van der Waals surface area contributed by atoms with E-state index in [0.717, 1.165) is 5.56 Å². The van der Waals surface area contributed by atoms with Crippen LogP contribution in [0.2, 0.25) is 0 Å². The minimum absolute atomic E-state index is 0.0462. The van der Waals surface area contributed by atoms with Gasteiger partial charge in [-0.05, 0) is 44.4 Å². The molecule has 0 unspecified atom stereocenters. The first-order valence-corrected chi connectivity index (χ1v) is 11.6. The molecule has 1 fully saturated rings. The van der Waals surface area contributed by atoms with Crippen molar-refractivity contribution < 1.29 is 32.6 Å². The molecule has 35 heavy (non-hydrogen) atoms. The van der Waals surface area contributed by atoms with Crippen LogP contribution < -0.4 is 19.5 Å². The van der Waals surface area contributed by atoms with Crippen molar-refractivity contribution in [1.82, 2.24) is 9.88 Å². The molecular formula is C25H27F2N3O5. The van der Waals surface area contributed by atoms with Gasteiger partial charge in [-0.1, -0.05) is 0 Å². The van der Waals surface area contributed by atoms with E-state index >= 15 is 4.39 Å². The van der Waals surface area contributed by atoms with E-state index in [9.17, 15) is 14.0 Å². The number of amides is 2. The van der Waals surface area contributed by atoms with Gasteiger partial charge >= 0.3 is 0 Å². The molecule has 3 aliphatic heterocycles. The van der Waals surface area contributed by atoms with Crippen molar-refractivity contribution in [2.75, 3.05) is 25.1 Å². The Morgan fingerprint density at radius 2 is 2.09 bits per heavy atom. The summed E-state index contributed by atoms with van der Waals surface area (Å²) in [5.41, 5.74) is 0.107. The summed E-state index contributed by atoms with van der Waals surface area (Å²) in [5.74, 6) is -0.951. The van der Waals surface area contributed by atoms with Gasteiger partial charge in [-0.2, -0.15) is 0 Å². The Morgan fingerprint density at radius 1 is 1.29 bits per heavy atom. The topological polar surface area (TPSA) is 90.0 Å². The number of pyridine rings is 1. The van der Waals surface area contributed by atoms with Gasteiger partial charge in [-0.25, -0.2) is 13.8 Å². The third-order valence-electron chi connectivity index (χ3n) is 6.35.